The molecule has 31 heavy (non-hydrogen) atoms. The maximum atomic E-state index is 13.8. The number of ketones is 1. The van der Waals surface area contributed by atoms with Gasteiger partial charge in [-0.15, -0.1) is 0 Å². The van der Waals surface area contributed by atoms with Crippen LogP contribution in [0.3, 0.4) is 0 Å². The number of fused-ring (bicyclic) bond motifs is 1. The van der Waals surface area contributed by atoms with E-state index in [9.17, 15) is 26.7 Å². The van der Waals surface area contributed by atoms with Crippen molar-refractivity contribution in [1.29, 1.82) is 0 Å². The average molecular weight is 497 g/mol. The molecular formula is C22H10BrF5O3. The molecule has 3 nitrogen and oxygen atoms in total. The summed E-state index contributed by atoms with van der Waals surface area (Å²) in [5, 5.41) is 0. The number of carbonyl (C=O) groups is 1. The SMILES string of the molecule is O=C1C(=Cc2cccc(Br)c2)Oc2cc(OCc3c(F)c(F)c(F)c(F)c3F)ccc21. The molecule has 0 saturated heterocycles. The maximum absolute atomic E-state index is 13.8. The van der Waals surface area contributed by atoms with E-state index in [-0.39, 0.29) is 28.6 Å². The van der Waals surface area contributed by atoms with Crippen molar-refractivity contribution in [3.63, 3.8) is 0 Å². The van der Waals surface area contributed by atoms with Gasteiger partial charge in [0.05, 0.1) is 11.1 Å². The lowest BCUT2D eigenvalue weighted by atomic mass is 10.1. The number of halogens is 6. The van der Waals surface area contributed by atoms with E-state index < -0.39 is 41.3 Å². The van der Waals surface area contributed by atoms with Crippen LogP contribution in [-0.2, 0) is 6.61 Å². The molecule has 0 N–H and O–H groups in total. The van der Waals surface area contributed by atoms with Gasteiger partial charge in [0, 0.05) is 10.5 Å². The molecule has 1 aliphatic heterocycles. The standard InChI is InChI=1S/C22H10BrF5O3/c23-11-3-1-2-10(6-11)7-16-22(29)13-5-4-12(8-15(13)31-16)30-9-14-17(24)19(26)21(28)20(27)18(14)25/h1-8H,9H2. The van der Waals surface area contributed by atoms with Crippen LogP contribution in [0.2, 0.25) is 0 Å². The summed E-state index contributed by atoms with van der Waals surface area (Å²) in [6, 6.07) is 11.2. The van der Waals surface area contributed by atoms with E-state index in [1.54, 1.807) is 24.3 Å². The zero-order chi connectivity index (χ0) is 22.3. The maximum Gasteiger partial charge on any atom is 0.231 e. The molecule has 0 saturated carbocycles. The lowest BCUT2D eigenvalue weighted by molar-refractivity contribution is 0.101. The minimum Gasteiger partial charge on any atom is -0.489 e. The molecule has 0 atom stereocenters. The van der Waals surface area contributed by atoms with Crippen LogP contribution < -0.4 is 9.47 Å². The van der Waals surface area contributed by atoms with E-state index in [1.165, 1.54) is 18.2 Å². The van der Waals surface area contributed by atoms with Crippen molar-refractivity contribution in [3.05, 3.63) is 98.5 Å². The van der Waals surface area contributed by atoms with Crippen LogP contribution in [0.1, 0.15) is 21.5 Å². The second-order valence-electron chi connectivity index (χ2n) is 6.49. The van der Waals surface area contributed by atoms with Crippen molar-refractivity contribution in [3.8, 4) is 11.5 Å². The molecule has 9 heteroatoms. The van der Waals surface area contributed by atoms with Gasteiger partial charge in [0.25, 0.3) is 0 Å². The monoisotopic (exact) mass is 496 g/mol. The molecule has 3 aromatic rings. The first-order chi connectivity index (χ1) is 14.8. The molecule has 0 unspecified atom stereocenters. The Hall–Kier alpha value is -3.20. The van der Waals surface area contributed by atoms with Gasteiger partial charge in [-0.05, 0) is 35.9 Å². The summed E-state index contributed by atoms with van der Waals surface area (Å²) in [5.74, 6) is -10.4. The third kappa shape index (κ3) is 3.93. The molecule has 0 aliphatic carbocycles. The summed E-state index contributed by atoms with van der Waals surface area (Å²) in [5.41, 5.74) is -0.151. The van der Waals surface area contributed by atoms with Gasteiger partial charge in [-0.3, -0.25) is 4.79 Å². The van der Waals surface area contributed by atoms with E-state index >= 15 is 0 Å². The van der Waals surface area contributed by atoms with Gasteiger partial charge in [0.15, 0.2) is 29.0 Å². The van der Waals surface area contributed by atoms with Crippen molar-refractivity contribution in [2.45, 2.75) is 6.61 Å². The Bertz CT molecular complexity index is 1230. The van der Waals surface area contributed by atoms with Crippen LogP contribution in [0.15, 0.2) is 52.7 Å². The quantitative estimate of drug-likeness (QED) is 0.183. The predicted octanol–water partition coefficient (Wildman–Crippen LogP) is 6.34. The number of Topliss-reactive ketones (excluding diaryl/α,β-unsaturated/α-hetero) is 1. The van der Waals surface area contributed by atoms with Gasteiger partial charge in [0.2, 0.25) is 11.6 Å². The number of ether oxygens (including phenoxy) is 2. The zero-order valence-electron chi connectivity index (χ0n) is 15.3. The van der Waals surface area contributed by atoms with Gasteiger partial charge in [-0.1, -0.05) is 28.1 Å². The van der Waals surface area contributed by atoms with Crippen LogP contribution in [0, 0.1) is 29.1 Å². The van der Waals surface area contributed by atoms with E-state index in [0.29, 0.717) is 5.56 Å². The first-order valence-corrected chi connectivity index (χ1v) is 9.52. The van der Waals surface area contributed by atoms with Crippen LogP contribution in [0.25, 0.3) is 6.08 Å². The van der Waals surface area contributed by atoms with Gasteiger partial charge >= 0.3 is 0 Å². The number of benzene rings is 3. The Labute approximate surface area is 180 Å². The normalized spacial score (nSPS) is 14.0. The summed E-state index contributed by atoms with van der Waals surface area (Å²) < 4.78 is 78.9. The van der Waals surface area contributed by atoms with E-state index in [4.69, 9.17) is 9.47 Å². The van der Waals surface area contributed by atoms with Crippen LogP contribution in [-0.4, -0.2) is 5.78 Å². The molecular weight excluding hydrogens is 487 g/mol. The molecule has 158 valence electrons. The Morgan fingerprint density at radius 2 is 1.58 bits per heavy atom. The van der Waals surface area contributed by atoms with Crippen molar-refractivity contribution in [1.82, 2.24) is 0 Å². The van der Waals surface area contributed by atoms with Crippen molar-refractivity contribution >= 4 is 27.8 Å². The largest absolute Gasteiger partial charge is 0.489 e. The molecule has 0 radical (unpaired) electrons. The number of allylic oxidation sites excluding steroid dienone is 1. The Balaban J connectivity index is 1.56. The average Bonchev–Trinajstić information content (AvgIpc) is 3.05. The van der Waals surface area contributed by atoms with Gasteiger partial charge in [-0.25, -0.2) is 22.0 Å². The van der Waals surface area contributed by atoms with Gasteiger partial charge in [0.1, 0.15) is 18.1 Å². The molecule has 1 heterocycles. The number of carbonyl (C=O) groups excluding carboxylic acids is 1. The summed E-state index contributed by atoms with van der Waals surface area (Å²) in [6.07, 6.45) is 1.54. The minimum absolute atomic E-state index is 0.0131. The molecule has 1 aliphatic rings. The van der Waals surface area contributed by atoms with E-state index in [0.717, 1.165) is 4.47 Å². The van der Waals surface area contributed by atoms with E-state index in [2.05, 4.69) is 15.9 Å². The molecule has 0 amide bonds. The molecule has 3 aromatic carbocycles. The fourth-order valence-corrected chi connectivity index (χ4v) is 3.35. The summed E-state index contributed by atoms with van der Waals surface area (Å²) in [4.78, 5) is 12.5. The van der Waals surface area contributed by atoms with Crippen molar-refractivity contribution in [2.75, 3.05) is 0 Å². The lowest BCUT2D eigenvalue weighted by Crippen LogP contribution is -2.09. The Morgan fingerprint density at radius 3 is 2.26 bits per heavy atom. The van der Waals surface area contributed by atoms with Crippen molar-refractivity contribution in [2.24, 2.45) is 0 Å². The molecule has 4 rings (SSSR count). The molecule has 0 bridgehead atoms. The van der Waals surface area contributed by atoms with Crippen LogP contribution >= 0.6 is 15.9 Å². The smallest absolute Gasteiger partial charge is 0.231 e. The van der Waals surface area contributed by atoms with Gasteiger partial charge < -0.3 is 9.47 Å². The topological polar surface area (TPSA) is 35.5 Å². The first kappa shape index (κ1) is 21.0. The number of hydrogen-bond acceptors (Lipinski definition) is 3. The van der Waals surface area contributed by atoms with Crippen LogP contribution in [0.5, 0.6) is 11.5 Å². The highest BCUT2D eigenvalue weighted by atomic mass is 79.9. The van der Waals surface area contributed by atoms with E-state index in [1.807, 2.05) is 6.07 Å². The summed E-state index contributed by atoms with van der Waals surface area (Å²) >= 11 is 3.33. The second kappa shape index (κ2) is 8.14. The molecule has 0 spiro atoms. The highest BCUT2D eigenvalue weighted by Gasteiger charge is 2.29. The minimum atomic E-state index is -2.24. The third-order valence-corrected chi connectivity index (χ3v) is 4.96. The Kier molecular flexibility index (Phi) is 5.53. The first-order valence-electron chi connectivity index (χ1n) is 8.73. The highest BCUT2D eigenvalue weighted by Crippen LogP contribution is 2.35. The molecule has 0 aromatic heterocycles. The van der Waals surface area contributed by atoms with Gasteiger partial charge in [-0.2, -0.15) is 0 Å². The fraction of sp³-hybridized carbons (Fsp3) is 0.0455. The fourth-order valence-electron chi connectivity index (χ4n) is 2.94. The van der Waals surface area contributed by atoms with Crippen molar-refractivity contribution < 1.29 is 36.2 Å². The third-order valence-electron chi connectivity index (χ3n) is 4.47. The number of hydrogen-bond donors (Lipinski definition) is 0. The second-order valence-corrected chi connectivity index (χ2v) is 7.41. The van der Waals surface area contributed by atoms with Crippen LogP contribution in [0.4, 0.5) is 22.0 Å². The number of rotatable bonds is 4. The zero-order valence-corrected chi connectivity index (χ0v) is 16.9. The Morgan fingerprint density at radius 1 is 0.903 bits per heavy atom. The molecule has 0 fully saturated rings. The summed E-state index contributed by atoms with van der Waals surface area (Å²) in [7, 11) is 0. The highest BCUT2D eigenvalue weighted by molar-refractivity contribution is 9.10. The lowest BCUT2D eigenvalue weighted by Gasteiger charge is -2.10. The summed E-state index contributed by atoms with van der Waals surface area (Å²) in [6.45, 7) is -0.917. The predicted molar refractivity (Wildman–Crippen MR) is 104 cm³/mol.